The molecule has 0 bridgehead atoms. The Hall–Kier alpha value is -3.16. The summed E-state index contributed by atoms with van der Waals surface area (Å²) in [4.78, 5) is 37.7. The number of imidazole rings is 1. The number of carbonyl (C=O) groups excluding carboxylic acids is 2. The van der Waals surface area contributed by atoms with Crippen LogP contribution in [0.3, 0.4) is 0 Å². The summed E-state index contributed by atoms with van der Waals surface area (Å²) in [6.45, 7) is 10.8. The molecule has 1 aromatic carbocycles. The van der Waals surface area contributed by atoms with Crippen LogP contribution >= 0.6 is 0 Å². The number of benzene rings is 1. The summed E-state index contributed by atoms with van der Waals surface area (Å²) in [6.07, 6.45) is 1.94. The van der Waals surface area contributed by atoms with Crippen LogP contribution in [0.2, 0.25) is 0 Å². The molecule has 180 valence electrons. The SMILES string of the molecule is CC(C)c1ccc2[nH]c(N3CCN(CC(C)(C)c4cc(C(=O)C5CC5)nn4C)C(=O)C3)nc2c1. The average molecular weight is 463 g/mol. The highest BCUT2D eigenvalue weighted by atomic mass is 16.2. The van der Waals surface area contributed by atoms with Crippen molar-refractivity contribution >= 4 is 28.7 Å². The van der Waals surface area contributed by atoms with Crippen molar-refractivity contribution in [3.05, 3.63) is 41.2 Å². The van der Waals surface area contributed by atoms with Gasteiger partial charge < -0.3 is 14.8 Å². The zero-order chi connectivity index (χ0) is 24.2. The summed E-state index contributed by atoms with van der Waals surface area (Å²) >= 11 is 0. The Morgan fingerprint density at radius 3 is 2.65 bits per heavy atom. The number of carbonyl (C=O) groups is 2. The lowest BCUT2D eigenvalue weighted by Crippen LogP contribution is -2.53. The number of hydrogen-bond acceptors (Lipinski definition) is 5. The number of amides is 1. The molecule has 5 rings (SSSR count). The van der Waals surface area contributed by atoms with E-state index >= 15 is 0 Å². The van der Waals surface area contributed by atoms with Crippen molar-refractivity contribution in [3.63, 3.8) is 0 Å². The number of nitrogens with zero attached hydrogens (tertiary/aromatic N) is 5. The number of piperazine rings is 1. The van der Waals surface area contributed by atoms with E-state index in [1.165, 1.54) is 5.56 Å². The molecule has 0 radical (unpaired) electrons. The predicted molar refractivity (Wildman–Crippen MR) is 132 cm³/mol. The number of rotatable bonds is 7. The summed E-state index contributed by atoms with van der Waals surface area (Å²) in [6, 6.07) is 8.23. The molecule has 1 saturated heterocycles. The fraction of sp³-hybridized carbons (Fsp3) is 0.538. The van der Waals surface area contributed by atoms with Gasteiger partial charge in [-0.25, -0.2) is 4.98 Å². The van der Waals surface area contributed by atoms with Crippen LogP contribution in [0.1, 0.15) is 68.2 Å². The van der Waals surface area contributed by atoms with Crippen LogP contribution in [0.4, 0.5) is 5.95 Å². The van der Waals surface area contributed by atoms with E-state index in [2.05, 4.69) is 56.0 Å². The van der Waals surface area contributed by atoms with E-state index in [4.69, 9.17) is 4.98 Å². The smallest absolute Gasteiger partial charge is 0.242 e. The monoisotopic (exact) mass is 462 g/mol. The lowest BCUT2D eigenvalue weighted by Gasteiger charge is -2.38. The van der Waals surface area contributed by atoms with E-state index in [9.17, 15) is 9.59 Å². The molecule has 0 atom stereocenters. The molecule has 1 aliphatic heterocycles. The fourth-order valence-electron chi connectivity index (χ4n) is 4.91. The maximum atomic E-state index is 13.1. The molecule has 1 aliphatic carbocycles. The van der Waals surface area contributed by atoms with Gasteiger partial charge in [0.1, 0.15) is 5.69 Å². The Kier molecular flexibility index (Phi) is 5.49. The van der Waals surface area contributed by atoms with Crippen molar-refractivity contribution in [3.8, 4) is 0 Å². The van der Waals surface area contributed by atoms with E-state index in [-0.39, 0.29) is 23.0 Å². The summed E-state index contributed by atoms with van der Waals surface area (Å²) in [5, 5.41) is 4.48. The second kappa shape index (κ2) is 8.25. The first-order valence-corrected chi connectivity index (χ1v) is 12.2. The second-order valence-electron chi connectivity index (χ2n) is 10.8. The number of Topliss-reactive ketones (excluding diaryl/α,β-unsaturated/α-hetero) is 1. The van der Waals surface area contributed by atoms with Crippen molar-refractivity contribution in [1.29, 1.82) is 0 Å². The Morgan fingerprint density at radius 2 is 1.97 bits per heavy atom. The first-order valence-electron chi connectivity index (χ1n) is 12.2. The number of ketones is 1. The minimum Gasteiger partial charge on any atom is -0.338 e. The van der Waals surface area contributed by atoms with E-state index in [1.54, 1.807) is 4.68 Å². The molecule has 0 spiro atoms. The van der Waals surface area contributed by atoms with Crippen LogP contribution in [-0.4, -0.2) is 62.5 Å². The summed E-state index contributed by atoms with van der Waals surface area (Å²) in [5.74, 6) is 1.57. The molecule has 34 heavy (non-hydrogen) atoms. The van der Waals surface area contributed by atoms with Gasteiger partial charge in [-0.2, -0.15) is 5.10 Å². The standard InChI is InChI=1S/C26H34N6O2/c1-16(2)18-8-9-19-20(12-18)28-25(27-19)31-10-11-32(23(33)14-31)15-26(3,4)22-13-21(29-30(22)5)24(34)17-6-7-17/h8-9,12-13,16-17H,6-7,10-11,14-15H2,1-5H3,(H,27,28). The van der Waals surface area contributed by atoms with Crippen LogP contribution < -0.4 is 4.90 Å². The Morgan fingerprint density at radius 1 is 1.21 bits per heavy atom. The highest BCUT2D eigenvalue weighted by Crippen LogP contribution is 2.34. The highest BCUT2D eigenvalue weighted by molar-refractivity contribution is 5.97. The number of aromatic amines is 1. The molecule has 2 aliphatic rings. The first-order chi connectivity index (χ1) is 16.1. The molecular weight excluding hydrogens is 428 g/mol. The molecule has 0 unspecified atom stereocenters. The lowest BCUT2D eigenvalue weighted by atomic mass is 9.87. The average Bonchev–Trinajstić information content (AvgIpc) is 3.42. The largest absolute Gasteiger partial charge is 0.338 e. The predicted octanol–water partition coefficient (Wildman–Crippen LogP) is 3.64. The van der Waals surface area contributed by atoms with Gasteiger partial charge in [0.2, 0.25) is 11.9 Å². The van der Waals surface area contributed by atoms with Crippen LogP contribution in [-0.2, 0) is 17.3 Å². The summed E-state index contributed by atoms with van der Waals surface area (Å²) < 4.78 is 1.80. The minimum atomic E-state index is -0.325. The molecule has 3 heterocycles. The number of anilines is 1. The quantitative estimate of drug-likeness (QED) is 0.542. The van der Waals surface area contributed by atoms with Crippen LogP contribution in [0.15, 0.2) is 24.3 Å². The third-order valence-corrected chi connectivity index (χ3v) is 7.14. The Bertz CT molecular complexity index is 1250. The maximum absolute atomic E-state index is 13.1. The van der Waals surface area contributed by atoms with Gasteiger partial charge in [-0.05, 0) is 42.5 Å². The zero-order valence-electron chi connectivity index (χ0n) is 20.8. The van der Waals surface area contributed by atoms with Gasteiger partial charge in [-0.3, -0.25) is 14.3 Å². The molecule has 8 nitrogen and oxygen atoms in total. The zero-order valence-corrected chi connectivity index (χ0v) is 20.8. The maximum Gasteiger partial charge on any atom is 0.242 e. The lowest BCUT2D eigenvalue weighted by molar-refractivity contribution is -0.131. The van der Waals surface area contributed by atoms with Gasteiger partial charge >= 0.3 is 0 Å². The molecule has 2 fully saturated rings. The van der Waals surface area contributed by atoms with Gasteiger partial charge in [-0.15, -0.1) is 0 Å². The van der Waals surface area contributed by atoms with Crippen LogP contribution in [0, 0.1) is 5.92 Å². The molecule has 8 heteroatoms. The minimum absolute atomic E-state index is 0.0825. The first kappa shape index (κ1) is 22.6. The van der Waals surface area contributed by atoms with E-state index in [0.717, 1.165) is 42.1 Å². The molecule has 1 N–H and O–H groups in total. The van der Waals surface area contributed by atoms with E-state index < -0.39 is 0 Å². The number of H-pyrrole nitrogens is 1. The fourth-order valence-corrected chi connectivity index (χ4v) is 4.91. The van der Waals surface area contributed by atoms with Crippen molar-refractivity contribution in [2.75, 3.05) is 31.1 Å². The molecule has 1 saturated carbocycles. The Labute approximate surface area is 200 Å². The van der Waals surface area contributed by atoms with Crippen LogP contribution in [0.25, 0.3) is 11.0 Å². The van der Waals surface area contributed by atoms with E-state index in [0.29, 0.717) is 31.2 Å². The number of aryl methyl sites for hydroxylation is 1. The van der Waals surface area contributed by atoms with Gasteiger partial charge in [0.25, 0.3) is 0 Å². The number of aromatic nitrogens is 4. The second-order valence-corrected chi connectivity index (χ2v) is 10.8. The molecule has 3 aromatic rings. The summed E-state index contributed by atoms with van der Waals surface area (Å²) in [5.41, 5.74) is 4.38. The molecular formula is C26H34N6O2. The third kappa shape index (κ3) is 4.21. The van der Waals surface area contributed by atoms with Crippen molar-refractivity contribution in [2.45, 2.75) is 51.9 Å². The number of fused-ring (bicyclic) bond motifs is 1. The number of nitrogens with one attached hydrogen (secondary N) is 1. The van der Waals surface area contributed by atoms with E-state index in [1.807, 2.05) is 22.9 Å². The van der Waals surface area contributed by atoms with Crippen molar-refractivity contribution in [1.82, 2.24) is 24.6 Å². The van der Waals surface area contributed by atoms with Gasteiger partial charge in [0.05, 0.1) is 17.6 Å². The van der Waals surface area contributed by atoms with Gasteiger partial charge in [0.15, 0.2) is 5.78 Å². The van der Waals surface area contributed by atoms with Gasteiger partial charge in [-0.1, -0.05) is 33.8 Å². The Balaban J connectivity index is 1.27. The third-order valence-electron chi connectivity index (χ3n) is 7.14. The normalized spacial score (nSPS) is 17.3. The molecule has 2 aromatic heterocycles. The van der Waals surface area contributed by atoms with Crippen molar-refractivity contribution < 1.29 is 9.59 Å². The topological polar surface area (TPSA) is 87.1 Å². The van der Waals surface area contributed by atoms with Crippen LogP contribution in [0.5, 0.6) is 0 Å². The number of hydrogen-bond donors (Lipinski definition) is 1. The molecule has 1 amide bonds. The van der Waals surface area contributed by atoms with Crippen molar-refractivity contribution in [2.24, 2.45) is 13.0 Å². The summed E-state index contributed by atoms with van der Waals surface area (Å²) in [7, 11) is 1.88. The highest BCUT2D eigenvalue weighted by Gasteiger charge is 2.36. The van der Waals surface area contributed by atoms with Gasteiger partial charge in [0, 0.05) is 43.7 Å².